The number of carbonyl (C=O) groups excluding carboxylic acids is 2. The zero-order valence-electron chi connectivity index (χ0n) is 9.71. The SMILES string of the molecule is CC(C)c1nnc(CN2C(=O)C3CC3C2=O)s1. The van der Waals surface area contributed by atoms with Gasteiger partial charge in [0.25, 0.3) is 0 Å². The molecule has 5 nitrogen and oxygen atoms in total. The molecule has 90 valence electrons. The average molecular weight is 251 g/mol. The van der Waals surface area contributed by atoms with Crippen LogP contribution in [0.15, 0.2) is 0 Å². The Morgan fingerprint density at radius 2 is 1.94 bits per heavy atom. The number of nitrogens with zero attached hydrogens (tertiary/aromatic N) is 3. The van der Waals surface area contributed by atoms with Crippen LogP contribution in [0.4, 0.5) is 0 Å². The Kier molecular flexibility index (Phi) is 2.29. The molecule has 1 aromatic rings. The largest absolute Gasteiger partial charge is 0.275 e. The van der Waals surface area contributed by atoms with E-state index in [2.05, 4.69) is 10.2 Å². The standard InChI is InChI=1S/C11H13N3O2S/c1-5(2)9-13-12-8(17-9)4-14-10(15)6-3-7(6)11(14)16/h5-7H,3-4H2,1-2H3. The van der Waals surface area contributed by atoms with E-state index in [0.717, 1.165) is 16.4 Å². The van der Waals surface area contributed by atoms with Crippen LogP contribution in [-0.4, -0.2) is 26.9 Å². The van der Waals surface area contributed by atoms with Crippen molar-refractivity contribution in [1.29, 1.82) is 0 Å². The van der Waals surface area contributed by atoms with E-state index in [1.165, 1.54) is 16.2 Å². The van der Waals surface area contributed by atoms with Crippen molar-refractivity contribution < 1.29 is 9.59 Å². The van der Waals surface area contributed by atoms with Crippen LogP contribution in [0, 0.1) is 11.8 Å². The van der Waals surface area contributed by atoms with Crippen molar-refractivity contribution in [3.63, 3.8) is 0 Å². The van der Waals surface area contributed by atoms with Gasteiger partial charge in [0.1, 0.15) is 10.0 Å². The number of piperidine rings is 1. The van der Waals surface area contributed by atoms with Crippen LogP contribution in [0.25, 0.3) is 0 Å². The van der Waals surface area contributed by atoms with Crippen molar-refractivity contribution >= 4 is 23.2 Å². The highest BCUT2D eigenvalue weighted by molar-refractivity contribution is 7.11. The molecule has 3 rings (SSSR count). The van der Waals surface area contributed by atoms with Gasteiger partial charge in [0.05, 0.1) is 18.4 Å². The van der Waals surface area contributed by atoms with E-state index < -0.39 is 0 Å². The first-order valence-electron chi connectivity index (χ1n) is 5.75. The molecule has 1 saturated carbocycles. The summed E-state index contributed by atoms with van der Waals surface area (Å²) in [5, 5.41) is 9.78. The van der Waals surface area contributed by atoms with Crippen LogP contribution < -0.4 is 0 Å². The van der Waals surface area contributed by atoms with Crippen molar-refractivity contribution in [3.05, 3.63) is 10.0 Å². The average Bonchev–Trinajstić information content (AvgIpc) is 2.88. The molecule has 0 bridgehead atoms. The molecule has 2 fully saturated rings. The topological polar surface area (TPSA) is 63.2 Å². The van der Waals surface area contributed by atoms with Gasteiger partial charge in [0.2, 0.25) is 11.8 Å². The Hall–Kier alpha value is -1.30. The number of imide groups is 1. The zero-order valence-corrected chi connectivity index (χ0v) is 10.5. The fourth-order valence-corrected chi connectivity index (χ4v) is 2.94. The minimum atomic E-state index is -0.0278. The van der Waals surface area contributed by atoms with E-state index >= 15 is 0 Å². The summed E-state index contributed by atoms with van der Waals surface area (Å²) in [6, 6.07) is 0. The highest BCUT2D eigenvalue weighted by Crippen LogP contribution is 2.47. The van der Waals surface area contributed by atoms with Gasteiger partial charge in [-0.05, 0) is 6.42 Å². The summed E-state index contributed by atoms with van der Waals surface area (Å²) in [5.74, 6) is 0.224. The Labute approximate surface area is 103 Å². The molecule has 0 N–H and O–H groups in total. The normalized spacial score (nSPS) is 26.9. The number of aromatic nitrogens is 2. The lowest BCUT2D eigenvalue weighted by atomic mass is 10.2. The minimum Gasteiger partial charge on any atom is -0.275 e. The lowest BCUT2D eigenvalue weighted by molar-refractivity contribution is -0.142. The van der Waals surface area contributed by atoms with Crippen molar-refractivity contribution in [2.24, 2.45) is 11.8 Å². The minimum absolute atomic E-state index is 0.0266. The summed E-state index contributed by atoms with van der Waals surface area (Å²) >= 11 is 1.48. The summed E-state index contributed by atoms with van der Waals surface area (Å²) in [7, 11) is 0. The number of carbonyl (C=O) groups is 2. The lowest BCUT2D eigenvalue weighted by Gasteiger charge is -2.13. The maximum atomic E-state index is 11.8. The van der Waals surface area contributed by atoms with Gasteiger partial charge in [-0.15, -0.1) is 10.2 Å². The lowest BCUT2D eigenvalue weighted by Crippen LogP contribution is -2.32. The third kappa shape index (κ3) is 1.67. The summed E-state index contributed by atoms with van der Waals surface area (Å²) in [6.45, 7) is 4.40. The predicted molar refractivity (Wildman–Crippen MR) is 61.2 cm³/mol. The Balaban J connectivity index is 1.74. The summed E-state index contributed by atoms with van der Waals surface area (Å²) in [6.07, 6.45) is 0.752. The predicted octanol–water partition coefficient (Wildman–Crippen LogP) is 1.17. The molecule has 2 atom stereocenters. The highest BCUT2D eigenvalue weighted by atomic mass is 32.1. The van der Waals surface area contributed by atoms with Crippen LogP contribution in [0.2, 0.25) is 0 Å². The Morgan fingerprint density at radius 3 is 2.47 bits per heavy atom. The maximum absolute atomic E-state index is 11.8. The van der Waals surface area contributed by atoms with Crippen LogP contribution in [0.3, 0.4) is 0 Å². The van der Waals surface area contributed by atoms with Gasteiger partial charge < -0.3 is 0 Å². The highest BCUT2D eigenvalue weighted by Gasteiger charge is 2.58. The summed E-state index contributed by atoms with van der Waals surface area (Å²) in [5.41, 5.74) is 0. The van der Waals surface area contributed by atoms with Gasteiger partial charge in [0, 0.05) is 5.92 Å². The molecular weight excluding hydrogens is 238 g/mol. The van der Waals surface area contributed by atoms with Crippen molar-refractivity contribution in [1.82, 2.24) is 15.1 Å². The fraction of sp³-hybridized carbons (Fsp3) is 0.636. The molecule has 17 heavy (non-hydrogen) atoms. The van der Waals surface area contributed by atoms with E-state index in [1.807, 2.05) is 13.8 Å². The smallest absolute Gasteiger partial charge is 0.233 e. The quantitative estimate of drug-likeness (QED) is 0.756. The number of likely N-dealkylation sites (tertiary alicyclic amines) is 1. The molecule has 2 amide bonds. The second-order valence-corrected chi connectivity index (χ2v) is 5.99. The molecule has 6 heteroatoms. The molecule has 0 spiro atoms. The number of fused-ring (bicyclic) bond motifs is 1. The van der Waals surface area contributed by atoms with Gasteiger partial charge in [-0.1, -0.05) is 25.2 Å². The summed E-state index contributed by atoms with van der Waals surface area (Å²) in [4.78, 5) is 24.9. The first-order valence-corrected chi connectivity index (χ1v) is 6.57. The molecule has 1 aliphatic carbocycles. The second kappa shape index (κ2) is 3.60. The van der Waals surface area contributed by atoms with E-state index in [9.17, 15) is 9.59 Å². The second-order valence-electron chi connectivity index (χ2n) is 4.90. The van der Waals surface area contributed by atoms with Gasteiger partial charge in [0.15, 0.2) is 0 Å². The molecule has 2 heterocycles. The molecular formula is C11H13N3O2S. The molecule has 0 radical (unpaired) electrons. The van der Waals surface area contributed by atoms with Gasteiger partial charge in [-0.2, -0.15) is 0 Å². The number of amides is 2. The third-order valence-electron chi connectivity index (χ3n) is 3.23. The van der Waals surface area contributed by atoms with E-state index in [1.54, 1.807) is 0 Å². The Bertz CT molecular complexity index is 477. The summed E-state index contributed by atoms with van der Waals surface area (Å²) < 4.78 is 0. The fourth-order valence-electron chi connectivity index (χ4n) is 2.10. The monoisotopic (exact) mass is 251 g/mol. The van der Waals surface area contributed by atoms with Gasteiger partial charge >= 0.3 is 0 Å². The number of rotatable bonds is 3. The van der Waals surface area contributed by atoms with Crippen LogP contribution in [0.5, 0.6) is 0 Å². The van der Waals surface area contributed by atoms with Gasteiger partial charge in [-0.3, -0.25) is 14.5 Å². The van der Waals surface area contributed by atoms with E-state index in [0.29, 0.717) is 12.5 Å². The van der Waals surface area contributed by atoms with Crippen molar-refractivity contribution in [2.75, 3.05) is 0 Å². The maximum Gasteiger partial charge on any atom is 0.233 e. The molecule has 0 aromatic carbocycles. The third-order valence-corrected chi connectivity index (χ3v) is 4.44. The zero-order chi connectivity index (χ0) is 12.2. The van der Waals surface area contributed by atoms with Crippen LogP contribution in [-0.2, 0) is 16.1 Å². The molecule has 2 aliphatic rings. The number of hydrogen-bond acceptors (Lipinski definition) is 5. The first-order chi connectivity index (χ1) is 8.08. The number of hydrogen-bond donors (Lipinski definition) is 0. The van der Waals surface area contributed by atoms with Crippen molar-refractivity contribution in [2.45, 2.75) is 32.7 Å². The molecule has 2 unspecified atom stereocenters. The van der Waals surface area contributed by atoms with Crippen LogP contribution >= 0.6 is 11.3 Å². The van der Waals surface area contributed by atoms with Gasteiger partial charge in [-0.25, -0.2) is 0 Å². The Morgan fingerprint density at radius 1 is 1.29 bits per heavy atom. The molecule has 1 aromatic heterocycles. The van der Waals surface area contributed by atoms with Crippen LogP contribution in [0.1, 0.15) is 36.2 Å². The first kappa shape index (κ1) is 10.8. The van der Waals surface area contributed by atoms with E-state index in [4.69, 9.17) is 0 Å². The van der Waals surface area contributed by atoms with E-state index in [-0.39, 0.29) is 23.7 Å². The molecule has 1 aliphatic heterocycles. The molecule has 1 saturated heterocycles. The van der Waals surface area contributed by atoms with Crippen molar-refractivity contribution in [3.8, 4) is 0 Å².